The monoisotopic (exact) mass is 275 g/mol. The van der Waals surface area contributed by atoms with Crippen LogP contribution in [0, 0.1) is 13.8 Å². The molecule has 1 saturated heterocycles. The zero-order valence-corrected chi connectivity index (χ0v) is 12.3. The summed E-state index contributed by atoms with van der Waals surface area (Å²) in [5, 5.41) is 8.60. The van der Waals surface area contributed by atoms with E-state index in [1.165, 1.54) is 12.0 Å². The van der Waals surface area contributed by atoms with E-state index in [0.717, 1.165) is 37.6 Å². The second-order valence-corrected chi connectivity index (χ2v) is 5.68. The molecule has 0 bridgehead atoms. The fraction of sp³-hybridized carbons (Fsp3) is 0.643. The first kappa shape index (κ1) is 13.3. The highest BCUT2D eigenvalue weighted by Gasteiger charge is 2.25. The Hall–Kier alpha value is -1.69. The van der Waals surface area contributed by atoms with Gasteiger partial charge in [0.25, 0.3) is 0 Å². The third-order valence-corrected chi connectivity index (χ3v) is 3.90. The summed E-state index contributed by atoms with van der Waals surface area (Å²) in [5.41, 5.74) is 2.42. The minimum absolute atomic E-state index is 0.380. The van der Waals surface area contributed by atoms with Gasteiger partial charge in [-0.05, 0) is 31.9 Å². The van der Waals surface area contributed by atoms with Crippen molar-refractivity contribution in [3.63, 3.8) is 0 Å². The van der Waals surface area contributed by atoms with Gasteiger partial charge in [-0.25, -0.2) is 0 Å². The van der Waals surface area contributed by atoms with Crippen LogP contribution in [-0.4, -0.2) is 37.9 Å². The van der Waals surface area contributed by atoms with Crippen molar-refractivity contribution >= 4 is 0 Å². The summed E-state index contributed by atoms with van der Waals surface area (Å²) in [6.45, 7) is 6.96. The van der Waals surface area contributed by atoms with Crippen LogP contribution < -0.4 is 0 Å². The highest BCUT2D eigenvalue weighted by atomic mass is 16.5. The van der Waals surface area contributed by atoms with Crippen LogP contribution in [0.2, 0.25) is 0 Å². The molecule has 0 aromatic carbocycles. The van der Waals surface area contributed by atoms with E-state index < -0.39 is 0 Å². The molecule has 0 aliphatic carbocycles. The molecule has 0 saturated carbocycles. The molecule has 20 heavy (non-hydrogen) atoms. The molecule has 1 atom stereocenters. The minimum Gasteiger partial charge on any atom is -0.340 e. The maximum absolute atomic E-state index is 5.10. The van der Waals surface area contributed by atoms with Crippen molar-refractivity contribution in [3.05, 3.63) is 29.2 Å². The number of aromatic nitrogens is 4. The molecule has 0 radical (unpaired) electrons. The van der Waals surface area contributed by atoms with Crippen molar-refractivity contribution in [1.29, 1.82) is 0 Å². The maximum atomic E-state index is 5.10. The molecule has 1 unspecified atom stereocenters. The van der Waals surface area contributed by atoms with Crippen LogP contribution in [0.5, 0.6) is 0 Å². The van der Waals surface area contributed by atoms with Gasteiger partial charge in [0.15, 0.2) is 5.82 Å². The van der Waals surface area contributed by atoms with Crippen LogP contribution in [0.25, 0.3) is 0 Å². The summed E-state index contributed by atoms with van der Waals surface area (Å²) in [5.74, 6) is 1.88. The summed E-state index contributed by atoms with van der Waals surface area (Å²) in [4.78, 5) is 6.81. The van der Waals surface area contributed by atoms with Crippen LogP contribution in [0.15, 0.2) is 10.7 Å². The first-order valence-electron chi connectivity index (χ1n) is 7.13. The lowest BCUT2D eigenvalue weighted by Crippen LogP contribution is -2.34. The molecule has 2 aromatic heterocycles. The third kappa shape index (κ3) is 2.75. The van der Waals surface area contributed by atoms with Gasteiger partial charge in [-0.15, -0.1) is 0 Å². The summed E-state index contributed by atoms with van der Waals surface area (Å²) >= 11 is 0. The number of hydrogen-bond acceptors (Lipinski definition) is 5. The number of rotatable bonds is 3. The molecule has 108 valence electrons. The normalized spacial score (nSPS) is 20.4. The molecular weight excluding hydrogens is 254 g/mol. The van der Waals surface area contributed by atoms with Gasteiger partial charge in [0.2, 0.25) is 5.89 Å². The van der Waals surface area contributed by atoms with Gasteiger partial charge in [0, 0.05) is 39.2 Å². The van der Waals surface area contributed by atoms with E-state index >= 15 is 0 Å². The Balaban J connectivity index is 1.67. The van der Waals surface area contributed by atoms with E-state index in [4.69, 9.17) is 4.52 Å². The first-order valence-corrected chi connectivity index (χ1v) is 7.13. The lowest BCUT2D eigenvalue weighted by Gasteiger charge is -2.30. The average Bonchev–Trinajstić information content (AvgIpc) is 2.97. The highest BCUT2D eigenvalue weighted by Crippen LogP contribution is 2.26. The Morgan fingerprint density at radius 2 is 2.25 bits per heavy atom. The van der Waals surface area contributed by atoms with Crippen LogP contribution in [0.3, 0.4) is 0 Å². The molecule has 3 rings (SSSR count). The van der Waals surface area contributed by atoms with E-state index in [0.29, 0.717) is 11.8 Å². The highest BCUT2D eigenvalue weighted by molar-refractivity contribution is 5.14. The molecule has 0 spiro atoms. The standard InChI is InChI=1S/C14H21N5O/c1-10-7-18(3)16-13(10)9-19-6-4-5-12(8-19)14-15-11(2)20-17-14/h7,12H,4-6,8-9H2,1-3H3. The number of nitrogens with zero attached hydrogens (tertiary/aromatic N) is 5. The average molecular weight is 275 g/mol. The summed E-state index contributed by atoms with van der Waals surface area (Å²) in [7, 11) is 1.97. The molecule has 6 heteroatoms. The van der Waals surface area contributed by atoms with Gasteiger partial charge in [-0.2, -0.15) is 10.1 Å². The van der Waals surface area contributed by atoms with Crippen molar-refractivity contribution in [2.45, 2.75) is 39.2 Å². The quantitative estimate of drug-likeness (QED) is 0.855. The molecule has 0 amide bonds. The summed E-state index contributed by atoms with van der Waals surface area (Å²) < 4.78 is 6.98. The van der Waals surface area contributed by atoms with Gasteiger partial charge in [-0.3, -0.25) is 9.58 Å². The topological polar surface area (TPSA) is 60.0 Å². The Morgan fingerprint density at radius 1 is 1.40 bits per heavy atom. The van der Waals surface area contributed by atoms with E-state index in [2.05, 4.69) is 33.3 Å². The Bertz CT molecular complexity index is 588. The second-order valence-electron chi connectivity index (χ2n) is 5.68. The largest absolute Gasteiger partial charge is 0.340 e. The zero-order valence-electron chi connectivity index (χ0n) is 12.3. The number of likely N-dealkylation sites (tertiary alicyclic amines) is 1. The van der Waals surface area contributed by atoms with Gasteiger partial charge >= 0.3 is 0 Å². The van der Waals surface area contributed by atoms with Gasteiger partial charge < -0.3 is 4.52 Å². The number of hydrogen-bond donors (Lipinski definition) is 0. The Morgan fingerprint density at radius 3 is 2.90 bits per heavy atom. The molecule has 6 nitrogen and oxygen atoms in total. The van der Waals surface area contributed by atoms with Crippen LogP contribution in [-0.2, 0) is 13.6 Å². The molecular formula is C14H21N5O. The van der Waals surface area contributed by atoms with E-state index in [1.807, 2.05) is 18.7 Å². The Labute approximate surface area is 118 Å². The van der Waals surface area contributed by atoms with Gasteiger partial charge in [-0.1, -0.05) is 5.16 Å². The van der Waals surface area contributed by atoms with Crippen LogP contribution in [0.4, 0.5) is 0 Å². The summed E-state index contributed by atoms with van der Waals surface area (Å²) in [6, 6.07) is 0. The fourth-order valence-corrected chi connectivity index (χ4v) is 2.91. The third-order valence-electron chi connectivity index (χ3n) is 3.90. The van der Waals surface area contributed by atoms with Crippen LogP contribution >= 0.6 is 0 Å². The fourth-order valence-electron chi connectivity index (χ4n) is 2.91. The first-order chi connectivity index (χ1) is 9.61. The number of aryl methyl sites for hydroxylation is 3. The lowest BCUT2D eigenvalue weighted by molar-refractivity contribution is 0.192. The zero-order chi connectivity index (χ0) is 14.1. The predicted molar refractivity (Wildman–Crippen MR) is 74.2 cm³/mol. The van der Waals surface area contributed by atoms with Crippen LogP contribution in [0.1, 0.15) is 41.7 Å². The van der Waals surface area contributed by atoms with Crippen molar-refractivity contribution in [3.8, 4) is 0 Å². The number of piperidine rings is 1. The van der Waals surface area contributed by atoms with E-state index in [-0.39, 0.29) is 0 Å². The second kappa shape index (κ2) is 5.36. The van der Waals surface area contributed by atoms with Crippen molar-refractivity contribution < 1.29 is 4.52 Å². The van der Waals surface area contributed by atoms with Gasteiger partial charge in [0.05, 0.1) is 5.69 Å². The molecule has 1 aliphatic heterocycles. The summed E-state index contributed by atoms with van der Waals surface area (Å²) in [6.07, 6.45) is 4.38. The van der Waals surface area contributed by atoms with E-state index in [1.54, 1.807) is 0 Å². The van der Waals surface area contributed by atoms with Gasteiger partial charge in [0.1, 0.15) is 0 Å². The van der Waals surface area contributed by atoms with Crippen molar-refractivity contribution in [2.75, 3.05) is 13.1 Å². The molecule has 3 heterocycles. The van der Waals surface area contributed by atoms with Crippen molar-refractivity contribution in [1.82, 2.24) is 24.8 Å². The maximum Gasteiger partial charge on any atom is 0.223 e. The van der Waals surface area contributed by atoms with E-state index in [9.17, 15) is 0 Å². The molecule has 2 aromatic rings. The molecule has 1 fully saturated rings. The SMILES string of the molecule is Cc1nc(C2CCCN(Cc3nn(C)cc3C)C2)no1. The lowest BCUT2D eigenvalue weighted by atomic mass is 9.97. The Kier molecular flexibility index (Phi) is 3.56. The minimum atomic E-state index is 0.380. The predicted octanol–water partition coefficient (Wildman–Crippen LogP) is 1.80. The smallest absolute Gasteiger partial charge is 0.223 e. The van der Waals surface area contributed by atoms with Crippen molar-refractivity contribution in [2.24, 2.45) is 7.05 Å². The molecule has 0 N–H and O–H groups in total. The molecule has 1 aliphatic rings.